The Morgan fingerprint density at radius 3 is 2.75 bits per heavy atom. The third kappa shape index (κ3) is 5.07. The molecule has 1 aromatic rings. The highest BCUT2D eigenvalue weighted by molar-refractivity contribution is 5.73. The van der Waals surface area contributed by atoms with Crippen LogP contribution >= 0.6 is 0 Å². The fraction of sp³-hybridized carbons (Fsp3) is 0.533. The molecule has 1 aromatic carbocycles. The Balaban J connectivity index is 2.46. The first-order valence-corrected chi connectivity index (χ1v) is 6.89. The Kier molecular flexibility index (Phi) is 6.84. The Hall–Kier alpha value is -1.78. The molecule has 5 heteroatoms. The van der Waals surface area contributed by atoms with Gasteiger partial charge in [-0.1, -0.05) is 25.8 Å². The van der Waals surface area contributed by atoms with Gasteiger partial charge >= 0.3 is 6.03 Å². The molecule has 0 bridgehead atoms. The summed E-state index contributed by atoms with van der Waals surface area (Å²) in [6.07, 6.45) is 3.21. The minimum Gasteiger partial charge on any atom is -0.494 e. The second kappa shape index (κ2) is 8.40. The van der Waals surface area contributed by atoms with Gasteiger partial charge < -0.3 is 15.0 Å². The molecule has 4 nitrogen and oxygen atoms in total. The quantitative estimate of drug-likeness (QED) is 0.780. The topological polar surface area (TPSA) is 41.6 Å². The van der Waals surface area contributed by atoms with Crippen molar-refractivity contribution >= 4 is 6.03 Å². The van der Waals surface area contributed by atoms with Crippen LogP contribution in [-0.2, 0) is 6.54 Å². The highest BCUT2D eigenvalue weighted by Gasteiger charge is 2.10. The lowest BCUT2D eigenvalue weighted by Gasteiger charge is -2.18. The van der Waals surface area contributed by atoms with Crippen molar-refractivity contribution in [3.8, 4) is 5.75 Å². The van der Waals surface area contributed by atoms with Crippen molar-refractivity contribution in [1.29, 1.82) is 0 Å². The maximum atomic E-state index is 13.5. The normalized spacial score (nSPS) is 10.2. The van der Waals surface area contributed by atoms with Crippen molar-refractivity contribution in [2.45, 2.75) is 32.7 Å². The Morgan fingerprint density at radius 1 is 1.40 bits per heavy atom. The van der Waals surface area contributed by atoms with Crippen molar-refractivity contribution in [3.63, 3.8) is 0 Å². The lowest BCUT2D eigenvalue weighted by molar-refractivity contribution is 0.206. The van der Waals surface area contributed by atoms with Crippen molar-refractivity contribution in [1.82, 2.24) is 10.2 Å². The van der Waals surface area contributed by atoms with Crippen LogP contribution in [0.1, 0.15) is 31.7 Å². The molecule has 0 aliphatic heterocycles. The van der Waals surface area contributed by atoms with E-state index < -0.39 is 5.82 Å². The third-order valence-electron chi connectivity index (χ3n) is 3.04. The second-order valence-electron chi connectivity index (χ2n) is 4.76. The first-order valence-electron chi connectivity index (χ1n) is 6.89. The molecule has 0 radical (unpaired) electrons. The summed E-state index contributed by atoms with van der Waals surface area (Å²) in [7, 11) is 3.12. The number of amides is 2. The maximum Gasteiger partial charge on any atom is 0.317 e. The zero-order valence-electron chi connectivity index (χ0n) is 12.4. The summed E-state index contributed by atoms with van der Waals surface area (Å²) in [5.74, 6) is -0.206. The molecule has 0 atom stereocenters. The van der Waals surface area contributed by atoms with Crippen molar-refractivity contribution < 1.29 is 13.9 Å². The zero-order valence-corrected chi connectivity index (χ0v) is 12.4. The molecule has 0 heterocycles. The predicted octanol–water partition coefficient (Wildman–Crippen LogP) is 3.17. The number of methoxy groups -OCH3 is 1. The van der Waals surface area contributed by atoms with Gasteiger partial charge in [-0.15, -0.1) is 0 Å². The molecule has 0 aliphatic carbocycles. The van der Waals surface area contributed by atoms with E-state index >= 15 is 0 Å². The summed E-state index contributed by atoms with van der Waals surface area (Å²) in [5.41, 5.74) is 0.731. The van der Waals surface area contributed by atoms with Crippen LogP contribution in [0.2, 0.25) is 0 Å². The average molecular weight is 282 g/mol. The minimum absolute atomic E-state index is 0.141. The molecule has 1 N–H and O–H groups in total. The van der Waals surface area contributed by atoms with Gasteiger partial charge in [-0.05, 0) is 24.1 Å². The molecule has 0 saturated carbocycles. The highest BCUT2D eigenvalue weighted by atomic mass is 19.1. The van der Waals surface area contributed by atoms with Crippen LogP contribution in [0, 0.1) is 5.82 Å². The molecule has 0 unspecified atom stereocenters. The minimum atomic E-state index is -0.415. The van der Waals surface area contributed by atoms with Gasteiger partial charge in [0.05, 0.1) is 7.11 Å². The molecule has 0 spiro atoms. The number of carbonyl (C=O) groups excluding carboxylic acids is 1. The number of carbonyl (C=O) groups is 1. The van der Waals surface area contributed by atoms with E-state index in [1.54, 1.807) is 19.2 Å². The number of nitrogens with one attached hydrogen (secondary N) is 1. The molecule has 20 heavy (non-hydrogen) atoms. The van der Waals surface area contributed by atoms with Crippen LogP contribution in [0.15, 0.2) is 18.2 Å². The van der Waals surface area contributed by atoms with E-state index in [4.69, 9.17) is 4.74 Å². The van der Waals surface area contributed by atoms with Crippen LogP contribution in [0.25, 0.3) is 0 Å². The SMILES string of the molecule is CCCCCNC(=O)N(C)Cc1ccc(OC)c(F)c1. The first kappa shape index (κ1) is 16.3. The summed E-state index contributed by atoms with van der Waals surface area (Å²) in [6, 6.07) is 4.57. The van der Waals surface area contributed by atoms with Gasteiger partial charge in [-0.25, -0.2) is 9.18 Å². The summed E-state index contributed by atoms with van der Waals surface area (Å²) in [4.78, 5) is 13.3. The Morgan fingerprint density at radius 2 is 2.15 bits per heavy atom. The van der Waals surface area contributed by atoms with Crippen LogP contribution in [0.5, 0.6) is 5.75 Å². The number of halogens is 1. The van der Waals surface area contributed by atoms with Crippen molar-refractivity contribution in [2.75, 3.05) is 20.7 Å². The van der Waals surface area contributed by atoms with E-state index in [1.165, 1.54) is 18.1 Å². The number of urea groups is 1. The lowest BCUT2D eigenvalue weighted by atomic mass is 10.2. The van der Waals surface area contributed by atoms with E-state index in [0.29, 0.717) is 13.1 Å². The number of hydrogen-bond acceptors (Lipinski definition) is 2. The molecule has 0 saturated heterocycles. The number of hydrogen-bond donors (Lipinski definition) is 1. The van der Waals surface area contributed by atoms with Crippen LogP contribution in [0.3, 0.4) is 0 Å². The molecular formula is C15H23FN2O2. The molecular weight excluding hydrogens is 259 g/mol. The summed E-state index contributed by atoms with van der Waals surface area (Å²) in [5, 5.41) is 2.84. The van der Waals surface area contributed by atoms with Crippen LogP contribution < -0.4 is 10.1 Å². The number of rotatable bonds is 7. The second-order valence-corrected chi connectivity index (χ2v) is 4.76. The molecule has 112 valence electrons. The summed E-state index contributed by atoms with van der Waals surface area (Å²) in [6.45, 7) is 3.15. The number of unbranched alkanes of at least 4 members (excludes halogenated alkanes) is 2. The van der Waals surface area contributed by atoms with Crippen LogP contribution in [-0.4, -0.2) is 31.6 Å². The molecule has 0 aliphatic rings. The van der Waals surface area contributed by atoms with Gasteiger partial charge in [0.15, 0.2) is 11.6 Å². The van der Waals surface area contributed by atoms with Gasteiger partial charge in [0.2, 0.25) is 0 Å². The molecule has 0 aromatic heterocycles. The number of ether oxygens (including phenoxy) is 1. The first-order chi connectivity index (χ1) is 9.58. The summed E-state index contributed by atoms with van der Waals surface area (Å²) >= 11 is 0. The summed E-state index contributed by atoms with van der Waals surface area (Å²) < 4.78 is 18.4. The predicted molar refractivity (Wildman–Crippen MR) is 77.3 cm³/mol. The Bertz CT molecular complexity index is 438. The highest BCUT2D eigenvalue weighted by Crippen LogP contribution is 2.18. The van der Waals surface area contributed by atoms with E-state index in [0.717, 1.165) is 24.8 Å². The smallest absolute Gasteiger partial charge is 0.317 e. The lowest BCUT2D eigenvalue weighted by Crippen LogP contribution is -2.37. The van der Waals surface area contributed by atoms with E-state index in [1.807, 2.05) is 0 Å². The monoisotopic (exact) mass is 282 g/mol. The van der Waals surface area contributed by atoms with Gasteiger partial charge in [0.25, 0.3) is 0 Å². The Labute approximate surface area is 119 Å². The average Bonchev–Trinajstić information content (AvgIpc) is 2.43. The number of benzene rings is 1. The fourth-order valence-electron chi connectivity index (χ4n) is 1.86. The largest absolute Gasteiger partial charge is 0.494 e. The van der Waals surface area contributed by atoms with Gasteiger partial charge in [-0.3, -0.25) is 0 Å². The molecule has 1 rings (SSSR count). The zero-order chi connectivity index (χ0) is 15.0. The van der Waals surface area contributed by atoms with E-state index in [2.05, 4.69) is 12.2 Å². The van der Waals surface area contributed by atoms with Crippen LogP contribution in [0.4, 0.5) is 9.18 Å². The van der Waals surface area contributed by atoms with E-state index in [9.17, 15) is 9.18 Å². The molecule has 2 amide bonds. The van der Waals surface area contributed by atoms with Crippen molar-refractivity contribution in [2.24, 2.45) is 0 Å². The van der Waals surface area contributed by atoms with Gasteiger partial charge in [-0.2, -0.15) is 0 Å². The van der Waals surface area contributed by atoms with Crippen molar-refractivity contribution in [3.05, 3.63) is 29.6 Å². The molecule has 0 fully saturated rings. The van der Waals surface area contributed by atoms with Gasteiger partial charge in [0.1, 0.15) is 0 Å². The fourth-order valence-corrected chi connectivity index (χ4v) is 1.86. The third-order valence-corrected chi connectivity index (χ3v) is 3.04. The number of nitrogens with zero attached hydrogens (tertiary/aromatic N) is 1. The maximum absolute atomic E-state index is 13.5. The standard InChI is InChI=1S/C15H23FN2O2/c1-4-5-6-9-17-15(19)18(2)11-12-7-8-14(20-3)13(16)10-12/h7-8,10H,4-6,9,11H2,1-3H3,(H,17,19). The van der Waals surface area contributed by atoms with E-state index in [-0.39, 0.29) is 11.8 Å². The van der Waals surface area contributed by atoms with Gasteiger partial charge in [0, 0.05) is 20.1 Å².